The van der Waals surface area contributed by atoms with Crippen LogP contribution in [0.25, 0.3) is 0 Å². The van der Waals surface area contributed by atoms with E-state index >= 15 is 0 Å². The first-order valence-corrected chi connectivity index (χ1v) is 6.84. The van der Waals surface area contributed by atoms with Crippen molar-refractivity contribution in [3.8, 4) is 0 Å². The monoisotopic (exact) mass is 309 g/mol. The number of carbonyl (C=O) groups is 2. The Morgan fingerprint density at radius 2 is 2.05 bits per heavy atom. The van der Waals surface area contributed by atoms with E-state index in [-0.39, 0.29) is 16.8 Å². The lowest BCUT2D eigenvalue weighted by Gasteiger charge is -2.14. The highest BCUT2D eigenvalue weighted by Gasteiger charge is 2.16. The highest BCUT2D eigenvalue weighted by atomic mass is 32.1. The summed E-state index contributed by atoms with van der Waals surface area (Å²) in [7, 11) is 1.55. The van der Waals surface area contributed by atoms with E-state index in [2.05, 4.69) is 10.6 Å². The molecule has 114 valence electrons. The molecule has 6 nitrogen and oxygen atoms in total. The number of hydrogen-bond acceptors (Lipinski definition) is 4. The number of carbonyl (C=O) groups excluding carboxylic acids is 2. The van der Waals surface area contributed by atoms with Crippen LogP contribution in [0.15, 0.2) is 24.3 Å². The number of amides is 2. The second-order valence-electron chi connectivity index (χ2n) is 4.42. The second-order valence-corrected chi connectivity index (χ2v) is 4.86. The first-order valence-electron chi connectivity index (χ1n) is 6.43. The van der Waals surface area contributed by atoms with E-state index in [0.29, 0.717) is 24.3 Å². The normalized spacial score (nSPS) is 11.5. The zero-order valence-electron chi connectivity index (χ0n) is 12.0. The summed E-state index contributed by atoms with van der Waals surface area (Å²) in [5.41, 5.74) is 6.53. The van der Waals surface area contributed by atoms with Crippen LogP contribution < -0.4 is 16.4 Å². The third-order valence-electron chi connectivity index (χ3n) is 2.76. The number of hydrogen-bond donors (Lipinski definition) is 3. The zero-order valence-corrected chi connectivity index (χ0v) is 12.8. The first kappa shape index (κ1) is 17.1. The standard InChI is InChI=1S/C14H19N3O3S/c1-9(13(18)16-6-7-20-2)17-14(19)11-5-3-4-10(8-11)12(15)21/h3-5,8-9H,6-7H2,1-2H3,(H2,15,21)(H,16,18)(H,17,19). The molecule has 7 heteroatoms. The number of benzene rings is 1. The van der Waals surface area contributed by atoms with Gasteiger partial charge >= 0.3 is 0 Å². The van der Waals surface area contributed by atoms with Gasteiger partial charge in [-0.1, -0.05) is 24.4 Å². The van der Waals surface area contributed by atoms with Gasteiger partial charge in [0.2, 0.25) is 5.91 Å². The molecule has 0 aliphatic heterocycles. The number of nitrogens with two attached hydrogens (primary N) is 1. The minimum atomic E-state index is -0.650. The molecule has 0 fully saturated rings. The van der Waals surface area contributed by atoms with Gasteiger partial charge in [-0.3, -0.25) is 9.59 Å². The molecule has 0 radical (unpaired) electrons. The lowest BCUT2D eigenvalue weighted by molar-refractivity contribution is -0.122. The topological polar surface area (TPSA) is 93.5 Å². The summed E-state index contributed by atoms with van der Waals surface area (Å²) in [6.07, 6.45) is 0. The molecule has 1 aromatic rings. The quantitative estimate of drug-likeness (QED) is 0.494. The molecule has 0 aliphatic carbocycles. The SMILES string of the molecule is COCCNC(=O)C(C)NC(=O)c1cccc(C(N)=S)c1. The predicted octanol–water partition coefficient (Wildman–Crippen LogP) is 0.202. The molecule has 1 aromatic carbocycles. The van der Waals surface area contributed by atoms with Crippen LogP contribution in [0.5, 0.6) is 0 Å². The van der Waals surface area contributed by atoms with Gasteiger partial charge in [0.1, 0.15) is 11.0 Å². The van der Waals surface area contributed by atoms with Gasteiger partial charge in [-0.15, -0.1) is 0 Å². The van der Waals surface area contributed by atoms with Crippen molar-refractivity contribution in [2.45, 2.75) is 13.0 Å². The average Bonchev–Trinajstić information content (AvgIpc) is 2.47. The van der Waals surface area contributed by atoms with Crippen LogP contribution in [0.4, 0.5) is 0 Å². The van der Waals surface area contributed by atoms with Crippen LogP contribution in [0, 0.1) is 0 Å². The van der Waals surface area contributed by atoms with Crippen molar-refractivity contribution in [1.29, 1.82) is 0 Å². The smallest absolute Gasteiger partial charge is 0.251 e. The molecule has 21 heavy (non-hydrogen) atoms. The Morgan fingerprint density at radius 3 is 2.67 bits per heavy atom. The van der Waals surface area contributed by atoms with E-state index in [1.165, 1.54) is 0 Å². The lowest BCUT2D eigenvalue weighted by Crippen LogP contribution is -2.45. The van der Waals surface area contributed by atoms with Gasteiger partial charge in [0.15, 0.2) is 0 Å². The third-order valence-corrected chi connectivity index (χ3v) is 2.99. The molecule has 2 amide bonds. The molecular weight excluding hydrogens is 290 g/mol. The summed E-state index contributed by atoms with van der Waals surface area (Å²) in [6, 6.07) is 5.98. The van der Waals surface area contributed by atoms with Gasteiger partial charge in [-0.25, -0.2) is 0 Å². The molecule has 4 N–H and O–H groups in total. The van der Waals surface area contributed by atoms with Crippen molar-refractivity contribution in [3.05, 3.63) is 35.4 Å². The highest BCUT2D eigenvalue weighted by Crippen LogP contribution is 2.05. The van der Waals surface area contributed by atoms with Crippen LogP contribution >= 0.6 is 12.2 Å². The Balaban J connectivity index is 2.61. The fourth-order valence-electron chi connectivity index (χ4n) is 1.59. The van der Waals surface area contributed by atoms with E-state index in [9.17, 15) is 9.59 Å². The van der Waals surface area contributed by atoms with Crippen molar-refractivity contribution < 1.29 is 14.3 Å². The molecule has 0 spiro atoms. The van der Waals surface area contributed by atoms with Crippen LogP contribution in [0.3, 0.4) is 0 Å². The van der Waals surface area contributed by atoms with Crippen molar-refractivity contribution in [3.63, 3.8) is 0 Å². The summed E-state index contributed by atoms with van der Waals surface area (Å²) >= 11 is 4.87. The maximum absolute atomic E-state index is 12.1. The lowest BCUT2D eigenvalue weighted by atomic mass is 10.1. The van der Waals surface area contributed by atoms with E-state index < -0.39 is 6.04 Å². The average molecular weight is 309 g/mol. The minimum Gasteiger partial charge on any atom is -0.389 e. The van der Waals surface area contributed by atoms with Crippen LogP contribution in [0.1, 0.15) is 22.8 Å². The molecule has 0 saturated heterocycles. The van der Waals surface area contributed by atoms with Crippen molar-refractivity contribution in [1.82, 2.24) is 10.6 Å². The summed E-state index contributed by atoms with van der Waals surface area (Å²) in [6.45, 7) is 2.42. The molecule has 1 unspecified atom stereocenters. The number of thiocarbonyl (C=S) groups is 1. The number of rotatable bonds is 7. The maximum atomic E-state index is 12.1. The van der Waals surface area contributed by atoms with Gasteiger partial charge in [0, 0.05) is 24.8 Å². The molecule has 1 atom stereocenters. The molecule has 0 saturated carbocycles. The minimum absolute atomic E-state index is 0.218. The third kappa shape index (κ3) is 5.49. The van der Waals surface area contributed by atoms with Crippen molar-refractivity contribution >= 4 is 29.0 Å². The summed E-state index contributed by atoms with van der Waals surface area (Å²) in [5, 5.41) is 5.26. The van der Waals surface area contributed by atoms with Gasteiger partial charge in [-0.2, -0.15) is 0 Å². The molecule has 1 rings (SSSR count). The van der Waals surface area contributed by atoms with E-state index in [1.54, 1.807) is 38.3 Å². The van der Waals surface area contributed by atoms with Gasteiger partial charge in [0.05, 0.1) is 6.61 Å². The van der Waals surface area contributed by atoms with Crippen molar-refractivity contribution in [2.24, 2.45) is 5.73 Å². The van der Waals surface area contributed by atoms with E-state index in [4.69, 9.17) is 22.7 Å². The Kier molecular flexibility index (Phi) is 6.77. The summed E-state index contributed by atoms with van der Waals surface area (Å²) in [4.78, 5) is 24.0. The molecule has 0 aliphatic rings. The van der Waals surface area contributed by atoms with Gasteiger partial charge in [0.25, 0.3) is 5.91 Å². The molecule has 0 aromatic heterocycles. The number of nitrogens with one attached hydrogen (secondary N) is 2. The van der Waals surface area contributed by atoms with Crippen LogP contribution in [-0.2, 0) is 9.53 Å². The zero-order chi connectivity index (χ0) is 15.8. The van der Waals surface area contributed by atoms with Crippen molar-refractivity contribution in [2.75, 3.05) is 20.3 Å². The van der Waals surface area contributed by atoms with E-state index in [0.717, 1.165) is 0 Å². The Labute approximate surface area is 129 Å². The molecule has 0 heterocycles. The fourth-order valence-corrected chi connectivity index (χ4v) is 1.72. The largest absolute Gasteiger partial charge is 0.389 e. The summed E-state index contributed by atoms with van der Waals surface area (Å²) in [5.74, 6) is -0.631. The Morgan fingerprint density at radius 1 is 1.38 bits per heavy atom. The Bertz CT molecular complexity index is 534. The van der Waals surface area contributed by atoms with Crippen LogP contribution in [0.2, 0.25) is 0 Å². The fraction of sp³-hybridized carbons (Fsp3) is 0.357. The number of ether oxygens (including phenoxy) is 1. The first-order chi connectivity index (χ1) is 9.95. The highest BCUT2D eigenvalue weighted by molar-refractivity contribution is 7.80. The number of methoxy groups -OCH3 is 1. The van der Waals surface area contributed by atoms with Gasteiger partial charge < -0.3 is 21.1 Å². The van der Waals surface area contributed by atoms with Gasteiger partial charge in [-0.05, 0) is 19.1 Å². The predicted molar refractivity (Wildman–Crippen MR) is 84.1 cm³/mol. The van der Waals surface area contributed by atoms with E-state index in [1.807, 2.05) is 0 Å². The second kappa shape index (κ2) is 8.33. The Hall–Kier alpha value is -1.99. The molecular formula is C14H19N3O3S. The maximum Gasteiger partial charge on any atom is 0.251 e. The summed E-state index contributed by atoms with van der Waals surface area (Å²) < 4.78 is 4.83. The van der Waals surface area contributed by atoms with Crippen LogP contribution in [-0.4, -0.2) is 43.1 Å². The molecule has 0 bridgehead atoms.